The number of hydrogen-bond donors (Lipinski definition) is 2. The Hall–Kier alpha value is -1.78. The largest absolute Gasteiger partial charge is 0.382 e. The van der Waals surface area contributed by atoms with Gasteiger partial charge in [-0.05, 0) is 49.2 Å². The van der Waals surface area contributed by atoms with Gasteiger partial charge in [0.05, 0.1) is 0 Å². The van der Waals surface area contributed by atoms with Crippen LogP contribution in [0.5, 0.6) is 0 Å². The molecule has 0 radical (unpaired) electrons. The molecule has 2 N–H and O–H groups in total. The van der Waals surface area contributed by atoms with Crippen molar-refractivity contribution in [3.63, 3.8) is 0 Å². The Morgan fingerprint density at radius 2 is 1.00 bits per heavy atom. The lowest BCUT2D eigenvalue weighted by Crippen LogP contribution is -2.45. The highest BCUT2D eigenvalue weighted by molar-refractivity contribution is 5.30. The molecule has 0 bridgehead atoms. The molecule has 18 heavy (non-hydrogen) atoms. The fourth-order valence-corrected chi connectivity index (χ4v) is 1.92. The van der Waals surface area contributed by atoms with E-state index in [1.807, 2.05) is 0 Å². The molecule has 0 aliphatic carbocycles. The summed E-state index contributed by atoms with van der Waals surface area (Å²) >= 11 is 0. The third-order valence-corrected chi connectivity index (χ3v) is 3.43. The standard InChI is InChI=1S/C14H16N2O2/c1-13(17,11-3-7-15-8-4-11)14(2,18)12-5-9-16-10-6-12/h3-10,17-18H,1-2H3. The van der Waals surface area contributed by atoms with Gasteiger partial charge in [-0.15, -0.1) is 0 Å². The van der Waals surface area contributed by atoms with Gasteiger partial charge in [-0.3, -0.25) is 9.97 Å². The van der Waals surface area contributed by atoms with Crippen molar-refractivity contribution in [2.45, 2.75) is 25.0 Å². The van der Waals surface area contributed by atoms with Crippen LogP contribution in [0.1, 0.15) is 25.0 Å². The molecule has 2 heterocycles. The second-order valence-electron chi connectivity index (χ2n) is 4.62. The molecule has 0 amide bonds. The second-order valence-corrected chi connectivity index (χ2v) is 4.62. The first-order valence-corrected chi connectivity index (χ1v) is 5.72. The minimum atomic E-state index is -1.42. The molecule has 0 fully saturated rings. The Bertz CT molecular complexity index is 460. The van der Waals surface area contributed by atoms with Crippen molar-refractivity contribution >= 4 is 0 Å². The van der Waals surface area contributed by atoms with Crippen molar-refractivity contribution in [2.24, 2.45) is 0 Å². The summed E-state index contributed by atoms with van der Waals surface area (Å²) in [5.41, 5.74) is -1.62. The lowest BCUT2D eigenvalue weighted by molar-refractivity contribution is -0.143. The van der Waals surface area contributed by atoms with E-state index < -0.39 is 11.2 Å². The normalized spacial score (nSPS) is 17.8. The predicted octanol–water partition coefficient (Wildman–Crippen LogP) is 1.59. The molecule has 0 aliphatic heterocycles. The van der Waals surface area contributed by atoms with Crippen molar-refractivity contribution in [1.29, 1.82) is 0 Å². The fourth-order valence-electron chi connectivity index (χ4n) is 1.92. The molecule has 0 aliphatic rings. The lowest BCUT2D eigenvalue weighted by atomic mass is 9.76. The monoisotopic (exact) mass is 244 g/mol. The Kier molecular flexibility index (Phi) is 3.15. The SMILES string of the molecule is CC(O)(c1ccncc1)C(C)(O)c1ccncc1. The van der Waals surface area contributed by atoms with Gasteiger partial charge in [0.15, 0.2) is 0 Å². The highest BCUT2D eigenvalue weighted by atomic mass is 16.4. The van der Waals surface area contributed by atoms with E-state index in [4.69, 9.17) is 0 Å². The van der Waals surface area contributed by atoms with E-state index in [0.717, 1.165) is 0 Å². The Morgan fingerprint density at radius 3 is 1.28 bits per heavy atom. The van der Waals surface area contributed by atoms with Crippen molar-refractivity contribution in [2.75, 3.05) is 0 Å². The molecule has 4 heteroatoms. The van der Waals surface area contributed by atoms with Crippen molar-refractivity contribution < 1.29 is 10.2 Å². The Morgan fingerprint density at radius 1 is 0.722 bits per heavy atom. The maximum absolute atomic E-state index is 10.7. The smallest absolute Gasteiger partial charge is 0.119 e. The van der Waals surface area contributed by atoms with Crippen LogP contribution in [-0.2, 0) is 11.2 Å². The van der Waals surface area contributed by atoms with Gasteiger partial charge >= 0.3 is 0 Å². The lowest BCUT2D eigenvalue weighted by Gasteiger charge is -2.39. The van der Waals surface area contributed by atoms with E-state index >= 15 is 0 Å². The van der Waals surface area contributed by atoms with Gasteiger partial charge in [0.25, 0.3) is 0 Å². The van der Waals surface area contributed by atoms with Crippen LogP contribution >= 0.6 is 0 Å². The summed E-state index contributed by atoms with van der Waals surface area (Å²) < 4.78 is 0. The van der Waals surface area contributed by atoms with Crippen LogP contribution in [0.15, 0.2) is 49.1 Å². The Balaban J connectivity index is 2.47. The topological polar surface area (TPSA) is 66.2 Å². The molecule has 2 aromatic heterocycles. The molecule has 4 nitrogen and oxygen atoms in total. The van der Waals surface area contributed by atoms with Crippen molar-refractivity contribution in [1.82, 2.24) is 9.97 Å². The third-order valence-electron chi connectivity index (χ3n) is 3.43. The first-order chi connectivity index (χ1) is 8.46. The first-order valence-electron chi connectivity index (χ1n) is 5.72. The zero-order valence-electron chi connectivity index (χ0n) is 10.4. The maximum atomic E-state index is 10.7. The van der Waals surface area contributed by atoms with E-state index in [1.165, 1.54) is 0 Å². The van der Waals surface area contributed by atoms with E-state index in [0.29, 0.717) is 11.1 Å². The summed E-state index contributed by atoms with van der Waals surface area (Å²) in [6.45, 7) is 3.17. The number of aliphatic hydroxyl groups is 2. The second kappa shape index (κ2) is 4.48. The zero-order valence-corrected chi connectivity index (χ0v) is 10.4. The highest BCUT2D eigenvalue weighted by Gasteiger charge is 2.44. The minimum absolute atomic E-state index is 0.610. The van der Waals surface area contributed by atoms with Crippen LogP contribution in [0, 0.1) is 0 Å². The number of hydrogen-bond acceptors (Lipinski definition) is 4. The summed E-state index contributed by atoms with van der Waals surface area (Å²) in [7, 11) is 0. The number of nitrogens with zero attached hydrogens (tertiary/aromatic N) is 2. The van der Waals surface area contributed by atoms with E-state index in [2.05, 4.69) is 9.97 Å². The molecule has 0 saturated heterocycles. The van der Waals surface area contributed by atoms with Crippen LogP contribution in [0.25, 0.3) is 0 Å². The molecule has 2 rings (SSSR count). The molecule has 2 unspecified atom stereocenters. The molecule has 94 valence electrons. The quantitative estimate of drug-likeness (QED) is 0.860. The summed E-state index contributed by atoms with van der Waals surface area (Å²) in [6.07, 6.45) is 6.36. The van der Waals surface area contributed by atoms with Crippen LogP contribution < -0.4 is 0 Å². The number of rotatable bonds is 3. The van der Waals surface area contributed by atoms with Crippen molar-refractivity contribution in [3.05, 3.63) is 60.2 Å². The summed E-state index contributed by atoms with van der Waals surface area (Å²) in [5, 5.41) is 21.3. The van der Waals surface area contributed by atoms with Gasteiger partial charge in [0.2, 0.25) is 0 Å². The van der Waals surface area contributed by atoms with Crippen LogP contribution in [0.2, 0.25) is 0 Å². The molecular weight excluding hydrogens is 228 g/mol. The van der Waals surface area contributed by atoms with E-state index in [-0.39, 0.29) is 0 Å². The van der Waals surface area contributed by atoms with Gasteiger partial charge in [0, 0.05) is 24.8 Å². The van der Waals surface area contributed by atoms with Gasteiger partial charge in [-0.2, -0.15) is 0 Å². The highest BCUT2D eigenvalue weighted by Crippen LogP contribution is 2.39. The van der Waals surface area contributed by atoms with E-state index in [9.17, 15) is 10.2 Å². The van der Waals surface area contributed by atoms with Crippen molar-refractivity contribution in [3.8, 4) is 0 Å². The summed E-state index contributed by atoms with van der Waals surface area (Å²) in [4.78, 5) is 7.82. The molecular formula is C14H16N2O2. The van der Waals surface area contributed by atoms with Gasteiger partial charge in [0.1, 0.15) is 11.2 Å². The Labute approximate surface area is 106 Å². The fraction of sp³-hybridized carbons (Fsp3) is 0.286. The van der Waals surface area contributed by atoms with Crippen LogP contribution in [0.3, 0.4) is 0 Å². The van der Waals surface area contributed by atoms with Crippen LogP contribution in [0.4, 0.5) is 0 Å². The van der Waals surface area contributed by atoms with Gasteiger partial charge < -0.3 is 10.2 Å². The average Bonchev–Trinajstić information content (AvgIpc) is 2.40. The average molecular weight is 244 g/mol. The van der Waals surface area contributed by atoms with Gasteiger partial charge in [-0.1, -0.05) is 0 Å². The summed E-state index contributed by atoms with van der Waals surface area (Å²) in [5.74, 6) is 0. The van der Waals surface area contributed by atoms with Crippen LogP contribution in [-0.4, -0.2) is 20.2 Å². The summed E-state index contributed by atoms with van der Waals surface area (Å²) in [6, 6.07) is 6.76. The molecule has 0 saturated carbocycles. The number of pyridine rings is 2. The zero-order chi connectivity index (χ0) is 13.2. The molecule has 2 aromatic rings. The minimum Gasteiger partial charge on any atom is -0.382 e. The molecule has 2 atom stereocenters. The molecule has 0 aromatic carbocycles. The van der Waals surface area contributed by atoms with Gasteiger partial charge in [-0.25, -0.2) is 0 Å². The maximum Gasteiger partial charge on any atom is 0.119 e. The third kappa shape index (κ3) is 2.00. The first kappa shape index (κ1) is 12.7. The predicted molar refractivity (Wildman–Crippen MR) is 67.6 cm³/mol. The number of aromatic nitrogens is 2. The molecule has 0 spiro atoms. The van der Waals surface area contributed by atoms with E-state index in [1.54, 1.807) is 62.9 Å².